The van der Waals surface area contributed by atoms with Gasteiger partial charge in [-0.3, -0.25) is 18.9 Å². The quantitative estimate of drug-likeness (QED) is 0.577. The van der Waals surface area contributed by atoms with E-state index in [9.17, 15) is 28.0 Å². The predicted octanol–water partition coefficient (Wildman–Crippen LogP) is 0.593. The highest BCUT2D eigenvalue weighted by Gasteiger charge is 2.60. The Hall–Kier alpha value is -2.37. The Balaban J connectivity index is 1.72. The second-order valence-corrected chi connectivity index (χ2v) is 7.42. The van der Waals surface area contributed by atoms with Gasteiger partial charge in [0.2, 0.25) is 6.23 Å². The average molecular weight is 419 g/mol. The minimum atomic E-state index is -4.20. The number of aliphatic hydroxyl groups excluding tert-OH is 1. The molecule has 13 heteroatoms. The molecule has 2 aromatic rings. The number of aliphatic hydroxyl groups is 1. The van der Waals surface area contributed by atoms with Crippen molar-refractivity contribution in [1.29, 1.82) is 0 Å². The SMILES string of the molecule is NP(=O)(OC[C@H]1O[C@@H](n2ccc(=O)[nH]c2=O)C(F)(F)[C@@H]1O)Oc1ccccc1. The molecule has 152 valence electrons. The summed E-state index contributed by atoms with van der Waals surface area (Å²) in [6.07, 6.45) is -5.47. The van der Waals surface area contributed by atoms with Crippen molar-refractivity contribution in [1.82, 2.24) is 9.55 Å². The number of H-pyrrole nitrogens is 1. The molecule has 10 nitrogen and oxygen atoms in total. The number of rotatable bonds is 6. The third kappa shape index (κ3) is 4.21. The van der Waals surface area contributed by atoms with Gasteiger partial charge < -0.3 is 14.4 Å². The molecular weight excluding hydrogens is 403 g/mol. The summed E-state index contributed by atoms with van der Waals surface area (Å²) >= 11 is 0. The van der Waals surface area contributed by atoms with Crippen LogP contribution in [0.4, 0.5) is 8.78 Å². The number of hydrogen-bond acceptors (Lipinski definition) is 7. The molecular formula is C15H16F2N3O7P. The standard InChI is InChI=1S/C15H16F2N3O7P/c16-15(17)12(22)10(26-13(15)20-7-6-11(21)19-14(20)23)8-25-28(18,24)27-9-4-2-1-3-5-9/h1-7,10,12-13,22H,8H2,(H2,18,24)(H,19,21,23)/t10-,12-,13-,28?/m1/s1. The average Bonchev–Trinajstić information content (AvgIpc) is 2.84. The lowest BCUT2D eigenvalue weighted by atomic mass is 10.1. The topological polar surface area (TPSA) is 146 Å². The van der Waals surface area contributed by atoms with Gasteiger partial charge in [0, 0.05) is 12.3 Å². The van der Waals surface area contributed by atoms with E-state index in [-0.39, 0.29) is 5.75 Å². The maximum atomic E-state index is 14.4. The highest BCUT2D eigenvalue weighted by molar-refractivity contribution is 7.51. The van der Waals surface area contributed by atoms with Crippen LogP contribution < -0.4 is 21.3 Å². The fourth-order valence-corrected chi connectivity index (χ4v) is 3.37. The Morgan fingerprint density at radius 1 is 1.29 bits per heavy atom. The zero-order valence-corrected chi connectivity index (χ0v) is 15.0. The van der Waals surface area contributed by atoms with Gasteiger partial charge in [-0.25, -0.2) is 14.9 Å². The number of hydrogen-bond donors (Lipinski definition) is 3. The minimum Gasteiger partial charge on any atom is -0.413 e. The third-order valence-electron chi connectivity index (χ3n) is 3.88. The van der Waals surface area contributed by atoms with E-state index in [1.54, 1.807) is 18.2 Å². The second-order valence-electron chi connectivity index (χ2n) is 5.90. The molecule has 0 saturated carbocycles. The molecule has 2 heterocycles. The van der Waals surface area contributed by atoms with Crippen LogP contribution >= 0.6 is 7.75 Å². The number of nitrogens with one attached hydrogen (secondary N) is 1. The van der Waals surface area contributed by atoms with Gasteiger partial charge in [-0.05, 0) is 12.1 Å². The molecule has 0 radical (unpaired) electrons. The molecule has 1 fully saturated rings. The summed E-state index contributed by atoms with van der Waals surface area (Å²) in [5, 5.41) is 9.87. The van der Waals surface area contributed by atoms with Crippen LogP contribution in [0.5, 0.6) is 5.75 Å². The molecule has 1 aromatic carbocycles. The molecule has 0 spiro atoms. The molecule has 1 saturated heterocycles. The van der Waals surface area contributed by atoms with Crippen molar-refractivity contribution in [2.45, 2.75) is 24.4 Å². The first-order chi connectivity index (χ1) is 13.1. The number of benzene rings is 1. The van der Waals surface area contributed by atoms with Crippen molar-refractivity contribution in [3.05, 3.63) is 63.4 Å². The second kappa shape index (κ2) is 7.57. The Kier molecular flexibility index (Phi) is 5.50. The Bertz CT molecular complexity index is 997. The summed E-state index contributed by atoms with van der Waals surface area (Å²) < 4.78 is 56.2. The molecule has 1 aromatic heterocycles. The predicted molar refractivity (Wildman–Crippen MR) is 91.0 cm³/mol. The number of ether oxygens (including phenoxy) is 1. The van der Waals surface area contributed by atoms with Crippen molar-refractivity contribution in [2.24, 2.45) is 5.50 Å². The minimum absolute atomic E-state index is 0.129. The summed E-state index contributed by atoms with van der Waals surface area (Å²) in [7, 11) is -4.20. The molecule has 3 rings (SSSR count). The molecule has 1 aliphatic rings. The summed E-state index contributed by atoms with van der Waals surface area (Å²) in [6.45, 7) is -0.800. The molecule has 0 aliphatic carbocycles. The molecule has 28 heavy (non-hydrogen) atoms. The fourth-order valence-electron chi connectivity index (χ4n) is 2.55. The molecule has 0 bridgehead atoms. The fraction of sp³-hybridized carbons (Fsp3) is 0.333. The Morgan fingerprint density at radius 2 is 1.96 bits per heavy atom. The van der Waals surface area contributed by atoms with Crippen LogP contribution in [0.15, 0.2) is 52.2 Å². The van der Waals surface area contributed by atoms with Gasteiger partial charge in [0.1, 0.15) is 11.9 Å². The smallest absolute Gasteiger partial charge is 0.413 e. The van der Waals surface area contributed by atoms with E-state index >= 15 is 0 Å². The van der Waals surface area contributed by atoms with Gasteiger partial charge in [-0.2, -0.15) is 8.78 Å². The van der Waals surface area contributed by atoms with E-state index in [4.69, 9.17) is 19.3 Å². The van der Waals surface area contributed by atoms with Gasteiger partial charge in [0.15, 0.2) is 6.10 Å². The number of nitrogens with zero attached hydrogens (tertiary/aromatic N) is 1. The Labute approximate surface area is 156 Å². The van der Waals surface area contributed by atoms with Crippen LogP contribution in [-0.2, 0) is 13.8 Å². The maximum absolute atomic E-state index is 14.4. The summed E-state index contributed by atoms with van der Waals surface area (Å²) in [6, 6.07) is 8.61. The van der Waals surface area contributed by atoms with Gasteiger partial charge >= 0.3 is 19.4 Å². The van der Waals surface area contributed by atoms with E-state index < -0.39 is 50.0 Å². The van der Waals surface area contributed by atoms with E-state index in [0.717, 1.165) is 12.3 Å². The molecule has 4 N–H and O–H groups in total. The van der Waals surface area contributed by atoms with Crippen LogP contribution in [-0.4, -0.2) is 39.4 Å². The largest absolute Gasteiger partial charge is 0.456 e. The van der Waals surface area contributed by atoms with E-state index in [1.807, 2.05) is 4.98 Å². The first-order valence-corrected chi connectivity index (χ1v) is 9.52. The van der Waals surface area contributed by atoms with E-state index in [2.05, 4.69) is 0 Å². The molecule has 1 aliphatic heterocycles. The van der Waals surface area contributed by atoms with Crippen molar-refractivity contribution in [3.63, 3.8) is 0 Å². The monoisotopic (exact) mass is 419 g/mol. The Morgan fingerprint density at radius 3 is 2.61 bits per heavy atom. The van der Waals surface area contributed by atoms with Crippen LogP contribution in [0.2, 0.25) is 0 Å². The van der Waals surface area contributed by atoms with Gasteiger partial charge in [0.05, 0.1) is 6.61 Å². The zero-order valence-electron chi connectivity index (χ0n) is 14.1. The van der Waals surface area contributed by atoms with E-state index in [0.29, 0.717) is 4.57 Å². The molecule has 1 unspecified atom stereocenters. The number of aromatic amines is 1. The first-order valence-electron chi connectivity index (χ1n) is 7.91. The lowest BCUT2D eigenvalue weighted by Gasteiger charge is -2.20. The third-order valence-corrected chi connectivity index (χ3v) is 4.85. The van der Waals surface area contributed by atoms with Crippen LogP contribution in [0.25, 0.3) is 0 Å². The van der Waals surface area contributed by atoms with Gasteiger partial charge in [0.25, 0.3) is 5.56 Å². The lowest BCUT2D eigenvalue weighted by molar-refractivity contribution is -0.141. The van der Waals surface area contributed by atoms with Gasteiger partial charge in [-0.15, -0.1) is 0 Å². The van der Waals surface area contributed by atoms with Gasteiger partial charge in [-0.1, -0.05) is 18.2 Å². The van der Waals surface area contributed by atoms with E-state index in [1.165, 1.54) is 12.1 Å². The summed E-state index contributed by atoms with van der Waals surface area (Å²) in [5.41, 5.74) is 3.48. The molecule has 4 atom stereocenters. The highest BCUT2D eigenvalue weighted by Crippen LogP contribution is 2.45. The number of para-hydroxylation sites is 1. The summed E-state index contributed by atoms with van der Waals surface area (Å²) in [5.74, 6) is -3.78. The van der Waals surface area contributed by atoms with Crippen LogP contribution in [0, 0.1) is 0 Å². The normalized spacial score (nSPS) is 25.9. The highest BCUT2D eigenvalue weighted by atomic mass is 31.2. The molecule has 0 amide bonds. The zero-order chi connectivity index (χ0) is 20.5. The van der Waals surface area contributed by atoms with Crippen molar-refractivity contribution in [2.75, 3.05) is 6.61 Å². The van der Waals surface area contributed by atoms with Crippen molar-refractivity contribution >= 4 is 7.75 Å². The number of aromatic nitrogens is 2. The lowest BCUT2D eigenvalue weighted by Crippen LogP contribution is -2.42. The van der Waals surface area contributed by atoms with Crippen LogP contribution in [0.3, 0.4) is 0 Å². The first kappa shape index (κ1) is 20.4. The van der Waals surface area contributed by atoms with Crippen LogP contribution in [0.1, 0.15) is 6.23 Å². The maximum Gasteiger partial charge on any atom is 0.456 e. The summed E-state index contributed by atoms with van der Waals surface area (Å²) in [4.78, 5) is 24.6. The van der Waals surface area contributed by atoms with Crippen molar-refractivity contribution in [3.8, 4) is 5.75 Å². The number of halogens is 2. The number of alkyl halides is 2. The number of nitrogens with two attached hydrogens (primary N) is 1. The van der Waals surface area contributed by atoms with Crippen molar-refractivity contribution < 1.29 is 32.2 Å².